The number of aryl methyl sites for hydroxylation is 1. The summed E-state index contributed by atoms with van der Waals surface area (Å²) >= 11 is 0. The highest BCUT2D eigenvalue weighted by Gasteiger charge is 2.03. The zero-order valence-corrected chi connectivity index (χ0v) is 7.68. The quantitative estimate of drug-likeness (QED) is 0.675. The molecule has 0 fully saturated rings. The minimum absolute atomic E-state index is 0.558. The zero-order chi connectivity index (χ0) is 9.97. The number of nitrogens with two attached hydrogens (primary N) is 1. The molecule has 2 rings (SSSR count). The molecule has 3 N–H and O–H groups in total. The van der Waals surface area contributed by atoms with Gasteiger partial charge in [-0.25, -0.2) is 4.68 Å². The van der Waals surface area contributed by atoms with Crippen LogP contribution >= 0.6 is 0 Å². The maximum absolute atomic E-state index is 5.75. The third-order valence-corrected chi connectivity index (χ3v) is 1.83. The second kappa shape index (κ2) is 3.33. The molecule has 72 valence electrons. The van der Waals surface area contributed by atoms with E-state index in [0.29, 0.717) is 11.6 Å². The van der Waals surface area contributed by atoms with Crippen molar-refractivity contribution in [3.8, 4) is 0 Å². The molecule has 0 radical (unpaired) electrons. The summed E-state index contributed by atoms with van der Waals surface area (Å²) in [5, 5.41) is 14.0. The molecule has 0 saturated carbocycles. The molecule has 14 heavy (non-hydrogen) atoms. The zero-order valence-electron chi connectivity index (χ0n) is 7.68. The van der Waals surface area contributed by atoms with Gasteiger partial charge in [0.2, 0.25) is 5.95 Å². The summed E-state index contributed by atoms with van der Waals surface area (Å²) in [6.07, 6.45) is 0. The maximum Gasteiger partial charge on any atom is 0.247 e. The number of hydrogen-bond donors (Lipinski definition) is 2. The van der Waals surface area contributed by atoms with E-state index in [9.17, 15) is 0 Å². The second-order valence-corrected chi connectivity index (χ2v) is 2.84. The largest absolute Gasteiger partial charge is 0.397 e. The number of benzene rings is 1. The molecule has 6 nitrogen and oxygen atoms in total. The van der Waals surface area contributed by atoms with Crippen LogP contribution in [0.4, 0.5) is 17.3 Å². The van der Waals surface area contributed by atoms with E-state index in [1.807, 2.05) is 24.3 Å². The van der Waals surface area contributed by atoms with E-state index < -0.39 is 0 Å². The number of rotatable bonds is 2. The first-order chi connectivity index (χ1) is 6.77. The summed E-state index contributed by atoms with van der Waals surface area (Å²) in [5.41, 5.74) is 7.21. The third kappa shape index (κ3) is 1.49. The molecule has 0 bridgehead atoms. The van der Waals surface area contributed by atoms with Crippen LogP contribution in [-0.4, -0.2) is 20.2 Å². The molecule has 1 heterocycles. The van der Waals surface area contributed by atoms with Crippen LogP contribution in [0, 0.1) is 0 Å². The Bertz CT molecular complexity index is 435. The van der Waals surface area contributed by atoms with E-state index in [4.69, 9.17) is 5.73 Å². The molecule has 0 unspecified atom stereocenters. The van der Waals surface area contributed by atoms with Crippen LogP contribution in [0.25, 0.3) is 0 Å². The van der Waals surface area contributed by atoms with E-state index in [1.165, 1.54) is 4.68 Å². The smallest absolute Gasteiger partial charge is 0.247 e. The van der Waals surface area contributed by atoms with Gasteiger partial charge in [-0.1, -0.05) is 17.2 Å². The third-order valence-electron chi connectivity index (χ3n) is 1.83. The Morgan fingerprint density at radius 2 is 2.14 bits per heavy atom. The van der Waals surface area contributed by atoms with Gasteiger partial charge in [-0.3, -0.25) is 0 Å². The van der Waals surface area contributed by atoms with Crippen molar-refractivity contribution < 1.29 is 0 Å². The lowest BCUT2D eigenvalue weighted by Gasteiger charge is -2.05. The summed E-state index contributed by atoms with van der Waals surface area (Å²) in [4.78, 5) is 0. The highest BCUT2D eigenvalue weighted by molar-refractivity contribution is 5.69. The molecule has 0 saturated heterocycles. The first-order valence-electron chi connectivity index (χ1n) is 4.11. The summed E-state index contributed by atoms with van der Waals surface area (Å²) in [6, 6.07) is 7.44. The van der Waals surface area contributed by atoms with Gasteiger partial charge < -0.3 is 11.1 Å². The van der Waals surface area contributed by atoms with Crippen LogP contribution in [0.3, 0.4) is 0 Å². The van der Waals surface area contributed by atoms with Crippen molar-refractivity contribution in [2.45, 2.75) is 0 Å². The van der Waals surface area contributed by atoms with E-state index >= 15 is 0 Å². The molecule has 0 aliphatic rings. The molecule has 0 aliphatic heterocycles. The highest BCUT2D eigenvalue weighted by Crippen LogP contribution is 2.19. The molecule has 0 spiro atoms. The molecule has 6 heteroatoms. The second-order valence-electron chi connectivity index (χ2n) is 2.84. The molecular weight excluding hydrogens is 180 g/mol. The van der Waals surface area contributed by atoms with Crippen LogP contribution in [-0.2, 0) is 7.05 Å². The average molecular weight is 190 g/mol. The molecule has 0 atom stereocenters. The highest BCUT2D eigenvalue weighted by atomic mass is 15.6. The van der Waals surface area contributed by atoms with E-state index in [-0.39, 0.29) is 0 Å². The average Bonchev–Trinajstić information content (AvgIpc) is 2.56. The van der Waals surface area contributed by atoms with Crippen molar-refractivity contribution in [1.29, 1.82) is 0 Å². The first-order valence-corrected chi connectivity index (χ1v) is 4.11. The van der Waals surface area contributed by atoms with Gasteiger partial charge in [0, 0.05) is 7.05 Å². The van der Waals surface area contributed by atoms with E-state index in [2.05, 4.69) is 20.8 Å². The standard InChI is InChI=1S/C8H10N6/c1-14-8(11-12-13-14)10-7-5-3-2-4-6(7)9/h2-5H,9H2,1H3,(H,10,11,13). The van der Waals surface area contributed by atoms with Crippen molar-refractivity contribution >= 4 is 17.3 Å². The number of nitrogens with zero attached hydrogens (tertiary/aromatic N) is 4. The Hall–Kier alpha value is -2.11. The number of tetrazole rings is 1. The van der Waals surface area contributed by atoms with Gasteiger partial charge in [0.05, 0.1) is 11.4 Å². The van der Waals surface area contributed by atoms with Crippen LogP contribution in [0.5, 0.6) is 0 Å². The minimum atomic E-state index is 0.558. The minimum Gasteiger partial charge on any atom is -0.397 e. The van der Waals surface area contributed by atoms with Crippen LogP contribution < -0.4 is 11.1 Å². The monoisotopic (exact) mass is 190 g/mol. The normalized spacial score (nSPS) is 10.1. The fourth-order valence-corrected chi connectivity index (χ4v) is 1.07. The summed E-state index contributed by atoms with van der Waals surface area (Å²) in [7, 11) is 1.75. The topological polar surface area (TPSA) is 81.7 Å². The lowest BCUT2D eigenvalue weighted by atomic mass is 10.3. The van der Waals surface area contributed by atoms with Crippen LogP contribution in [0.1, 0.15) is 0 Å². The SMILES string of the molecule is Cn1nnnc1Nc1ccccc1N. The Morgan fingerprint density at radius 1 is 1.36 bits per heavy atom. The van der Waals surface area contributed by atoms with Crippen molar-refractivity contribution in [3.05, 3.63) is 24.3 Å². The van der Waals surface area contributed by atoms with Gasteiger partial charge in [0.25, 0.3) is 0 Å². The number of para-hydroxylation sites is 2. The van der Waals surface area contributed by atoms with Crippen molar-refractivity contribution in [2.24, 2.45) is 7.05 Å². The van der Waals surface area contributed by atoms with Gasteiger partial charge in [0.1, 0.15) is 0 Å². The van der Waals surface area contributed by atoms with Crippen molar-refractivity contribution in [3.63, 3.8) is 0 Å². The van der Waals surface area contributed by atoms with Crippen LogP contribution in [0.15, 0.2) is 24.3 Å². The van der Waals surface area contributed by atoms with Gasteiger partial charge in [-0.15, -0.1) is 0 Å². The molecule has 0 amide bonds. The lowest BCUT2D eigenvalue weighted by Crippen LogP contribution is -2.02. The number of nitrogens with one attached hydrogen (secondary N) is 1. The number of anilines is 3. The van der Waals surface area contributed by atoms with Crippen LogP contribution in [0.2, 0.25) is 0 Å². The fraction of sp³-hybridized carbons (Fsp3) is 0.125. The van der Waals surface area contributed by atoms with Gasteiger partial charge in [-0.05, 0) is 22.6 Å². The van der Waals surface area contributed by atoms with Crippen molar-refractivity contribution in [2.75, 3.05) is 11.1 Å². The fourth-order valence-electron chi connectivity index (χ4n) is 1.07. The number of hydrogen-bond acceptors (Lipinski definition) is 5. The van der Waals surface area contributed by atoms with Gasteiger partial charge >= 0.3 is 0 Å². The van der Waals surface area contributed by atoms with Gasteiger partial charge in [-0.2, -0.15) is 0 Å². The number of aromatic nitrogens is 4. The Balaban J connectivity index is 2.28. The van der Waals surface area contributed by atoms with Crippen molar-refractivity contribution in [1.82, 2.24) is 20.2 Å². The summed E-state index contributed by atoms with van der Waals surface area (Å²) in [5.74, 6) is 0.558. The lowest BCUT2D eigenvalue weighted by molar-refractivity contribution is 0.715. The molecule has 1 aromatic heterocycles. The first kappa shape index (κ1) is 8.49. The Morgan fingerprint density at radius 3 is 2.79 bits per heavy atom. The summed E-state index contributed by atoms with van der Waals surface area (Å²) < 4.78 is 1.53. The molecular formula is C8H10N6. The van der Waals surface area contributed by atoms with Gasteiger partial charge in [0.15, 0.2) is 0 Å². The van der Waals surface area contributed by atoms with E-state index in [0.717, 1.165) is 5.69 Å². The van der Waals surface area contributed by atoms with E-state index in [1.54, 1.807) is 7.05 Å². The summed E-state index contributed by atoms with van der Waals surface area (Å²) in [6.45, 7) is 0. The molecule has 1 aromatic carbocycles. The Labute approximate surface area is 80.7 Å². The Kier molecular flexibility index (Phi) is 2.02. The predicted molar refractivity (Wildman–Crippen MR) is 52.9 cm³/mol. The predicted octanol–water partition coefficient (Wildman–Crippen LogP) is 0.536. The molecule has 0 aliphatic carbocycles. The molecule has 2 aromatic rings. The number of nitrogen functional groups attached to an aromatic ring is 1. The maximum atomic E-state index is 5.75.